The van der Waals surface area contributed by atoms with E-state index >= 15 is 0 Å². The first-order chi connectivity index (χ1) is 8.69. The molecule has 0 saturated carbocycles. The summed E-state index contributed by atoms with van der Waals surface area (Å²) in [4.78, 5) is 0. The van der Waals surface area contributed by atoms with Gasteiger partial charge in [0, 0.05) is 0 Å². The van der Waals surface area contributed by atoms with Gasteiger partial charge in [-0.3, -0.25) is 0 Å². The number of nitrogens with zero attached hydrogens (tertiary/aromatic N) is 3. The van der Waals surface area contributed by atoms with Crippen LogP contribution in [0.1, 0.15) is 47.0 Å². The Kier molecular flexibility index (Phi) is 7.43. The van der Waals surface area contributed by atoms with E-state index in [-0.39, 0.29) is 0 Å². The monoisotopic (exact) mass is 248 g/mol. The lowest BCUT2D eigenvalue weighted by Gasteiger charge is -2.49. The van der Waals surface area contributed by atoms with Crippen molar-refractivity contribution >= 4 is 21.5 Å². The predicted molar refractivity (Wildman–Crippen MR) is 84.6 cm³/mol. The Morgan fingerprint density at radius 3 is 1.89 bits per heavy atom. The van der Waals surface area contributed by atoms with Gasteiger partial charge < -0.3 is 14.2 Å². The Balaban J connectivity index is 2.79. The molecule has 1 fully saturated rings. The van der Waals surface area contributed by atoms with Crippen LogP contribution in [0.15, 0.2) is 0 Å². The highest BCUT2D eigenvalue weighted by molar-refractivity contribution is 6.80. The second-order valence-corrected chi connectivity index (χ2v) is 5.35. The molecular formula is C12H29B3N3. The van der Waals surface area contributed by atoms with Crippen molar-refractivity contribution in [1.82, 2.24) is 14.2 Å². The first kappa shape index (κ1) is 16.1. The van der Waals surface area contributed by atoms with Gasteiger partial charge in [0.05, 0.1) is 0 Å². The average molecular weight is 248 g/mol. The zero-order valence-electron chi connectivity index (χ0n) is 13.0. The zero-order chi connectivity index (χ0) is 13.5. The molecule has 0 spiro atoms. The maximum atomic E-state index is 2.67. The molecule has 1 radical (unpaired) electrons. The van der Waals surface area contributed by atoms with Crippen molar-refractivity contribution in [2.75, 3.05) is 19.6 Å². The van der Waals surface area contributed by atoms with Crippen LogP contribution >= 0.6 is 0 Å². The molecule has 0 bridgehead atoms. The van der Waals surface area contributed by atoms with E-state index in [1.807, 2.05) is 0 Å². The Morgan fingerprint density at radius 1 is 0.833 bits per heavy atom. The van der Waals surface area contributed by atoms with Crippen molar-refractivity contribution in [2.24, 2.45) is 0 Å². The topological polar surface area (TPSA) is 9.72 Å². The second kappa shape index (κ2) is 8.29. The van der Waals surface area contributed by atoms with Gasteiger partial charge in [-0.15, -0.1) is 0 Å². The first-order valence-corrected chi connectivity index (χ1v) is 7.81. The molecule has 1 saturated heterocycles. The molecule has 0 aromatic rings. The molecule has 0 amide bonds. The van der Waals surface area contributed by atoms with Crippen LogP contribution in [0, 0.1) is 0 Å². The van der Waals surface area contributed by atoms with E-state index in [2.05, 4.69) is 56.2 Å². The lowest BCUT2D eigenvalue weighted by Crippen LogP contribution is -2.72. The van der Waals surface area contributed by atoms with E-state index in [1.165, 1.54) is 38.7 Å². The van der Waals surface area contributed by atoms with Gasteiger partial charge in [-0.25, -0.2) is 0 Å². The SMILES string of the molecule is CCCN1[B]N(CCC)B(CC)N(CCC)B1C. The zero-order valence-corrected chi connectivity index (χ0v) is 13.0. The van der Waals surface area contributed by atoms with Crippen LogP contribution in [0.4, 0.5) is 0 Å². The van der Waals surface area contributed by atoms with E-state index in [1.54, 1.807) is 0 Å². The van der Waals surface area contributed by atoms with Crippen LogP contribution in [0.25, 0.3) is 0 Å². The smallest absolute Gasteiger partial charge is 0.290 e. The summed E-state index contributed by atoms with van der Waals surface area (Å²) in [6.45, 7) is 16.2. The van der Waals surface area contributed by atoms with Gasteiger partial charge >= 0.3 is 0 Å². The molecule has 0 aliphatic carbocycles. The molecule has 1 heterocycles. The molecule has 6 heteroatoms. The third-order valence-corrected chi connectivity index (χ3v) is 3.83. The highest BCUT2D eigenvalue weighted by atomic mass is 15.3. The summed E-state index contributed by atoms with van der Waals surface area (Å²) in [5, 5.41) is 0. The Hall–Kier alpha value is 0.0748. The van der Waals surface area contributed by atoms with Gasteiger partial charge in [-0.1, -0.05) is 34.5 Å². The molecule has 0 aromatic carbocycles. The number of hydrogen-bond acceptors (Lipinski definition) is 3. The Bertz CT molecular complexity index is 231. The fourth-order valence-electron chi connectivity index (χ4n) is 3.02. The number of rotatable bonds is 7. The summed E-state index contributed by atoms with van der Waals surface area (Å²) in [5.74, 6) is 0. The Morgan fingerprint density at radius 2 is 1.39 bits per heavy atom. The predicted octanol–water partition coefficient (Wildman–Crippen LogP) is 2.30. The van der Waals surface area contributed by atoms with Crippen molar-refractivity contribution in [3.63, 3.8) is 0 Å². The van der Waals surface area contributed by atoms with E-state index in [9.17, 15) is 0 Å². The minimum atomic E-state index is 0.544. The Labute approximate surface area is 116 Å². The second-order valence-electron chi connectivity index (χ2n) is 5.35. The minimum absolute atomic E-state index is 0.544. The normalized spacial score (nSPS) is 19.4. The maximum absolute atomic E-state index is 2.67. The fraction of sp³-hybridized carbons (Fsp3) is 1.00. The highest BCUT2D eigenvalue weighted by Gasteiger charge is 2.41. The third kappa shape index (κ3) is 3.78. The molecule has 0 unspecified atom stereocenters. The third-order valence-electron chi connectivity index (χ3n) is 3.83. The maximum Gasteiger partial charge on any atom is 0.290 e. The van der Waals surface area contributed by atoms with Crippen LogP contribution < -0.4 is 0 Å². The molecule has 0 N–H and O–H groups in total. The molecule has 1 rings (SSSR count). The van der Waals surface area contributed by atoms with E-state index in [0.29, 0.717) is 14.0 Å². The lowest BCUT2D eigenvalue weighted by molar-refractivity contribution is 0.440. The summed E-state index contributed by atoms with van der Waals surface area (Å²) < 4.78 is 7.73. The van der Waals surface area contributed by atoms with Crippen molar-refractivity contribution in [3.05, 3.63) is 0 Å². The highest BCUT2D eigenvalue weighted by Crippen LogP contribution is 2.18. The molecule has 0 atom stereocenters. The van der Waals surface area contributed by atoms with Gasteiger partial charge in [0.1, 0.15) is 0 Å². The molecule has 0 aromatic heterocycles. The van der Waals surface area contributed by atoms with Crippen molar-refractivity contribution in [1.29, 1.82) is 0 Å². The molecule has 3 nitrogen and oxygen atoms in total. The van der Waals surface area contributed by atoms with Crippen LogP contribution in [0.5, 0.6) is 0 Å². The number of hydrogen-bond donors (Lipinski definition) is 0. The fourth-order valence-corrected chi connectivity index (χ4v) is 3.02. The lowest BCUT2D eigenvalue weighted by atomic mass is 9.49. The van der Waals surface area contributed by atoms with Crippen LogP contribution in [-0.4, -0.2) is 55.3 Å². The summed E-state index contributed by atoms with van der Waals surface area (Å²) >= 11 is 0. The molecular weight excluding hydrogens is 219 g/mol. The van der Waals surface area contributed by atoms with Crippen LogP contribution in [0.3, 0.4) is 0 Å². The van der Waals surface area contributed by atoms with Crippen LogP contribution in [0.2, 0.25) is 13.1 Å². The largest absolute Gasteiger partial charge is 0.361 e. The molecule has 1 aliphatic rings. The van der Waals surface area contributed by atoms with Crippen molar-refractivity contribution in [2.45, 2.75) is 60.1 Å². The summed E-state index contributed by atoms with van der Waals surface area (Å²) in [6, 6.07) is 0. The first-order valence-electron chi connectivity index (χ1n) is 7.81. The molecule has 1 aliphatic heterocycles. The van der Waals surface area contributed by atoms with Gasteiger partial charge in [0.25, 0.3) is 21.5 Å². The van der Waals surface area contributed by atoms with E-state index in [0.717, 1.165) is 6.54 Å². The quantitative estimate of drug-likeness (QED) is 0.640. The van der Waals surface area contributed by atoms with Gasteiger partial charge in [0.15, 0.2) is 0 Å². The van der Waals surface area contributed by atoms with E-state index < -0.39 is 0 Å². The standard InChI is InChI=1S/C12H29B3N3/c1-6-10-16-13-17(11-7-2)15(9-4)18(12-8-3)14(16)5/h6-12H2,1-5H3. The minimum Gasteiger partial charge on any atom is -0.361 e. The van der Waals surface area contributed by atoms with Gasteiger partial charge in [0.2, 0.25) is 0 Å². The summed E-state index contributed by atoms with van der Waals surface area (Å²) in [5.41, 5.74) is 0. The summed E-state index contributed by atoms with van der Waals surface area (Å²) in [6.07, 6.45) is 4.89. The molecule has 101 valence electrons. The summed E-state index contributed by atoms with van der Waals surface area (Å²) in [7, 11) is 2.39. The average Bonchev–Trinajstić information content (AvgIpc) is 2.36. The molecule has 18 heavy (non-hydrogen) atoms. The van der Waals surface area contributed by atoms with E-state index in [4.69, 9.17) is 0 Å². The van der Waals surface area contributed by atoms with Gasteiger partial charge in [-0.05, 0) is 45.2 Å². The van der Waals surface area contributed by atoms with Gasteiger partial charge in [-0.2, -0.15) is 0 Å². The van der Waals surface area contributed by atoms with Crippen LogP contribution in [-0.2, 0) is 0 Å². The van der Waals surface area contributed by atoms with Crippen molar-refractivity contribution in [3.8, 4) is 0 Å². The van der Waals surface area contributed by atoms with Crippen molar-refractivity contribution < 1.29 is 0 Å².